The van der Waals surface area contributed by atoms with Crippen LogP contribution in [-0.2, 0) is 4.79 Å². The molecular formula is C15H14BrN3O2. The van der Waals surface area contributed by atoms with Gasteiger partial charge in [0.1, 0.15) is 5.69 Å². The minimum absolute atomic E-state index is 0.0362. The Labute approximate surface area is 131 Å². The molecule has 2 rings (SSSR count). The molecule has 21 heavy (non-hydrogen) atoms. The van der Waals surface area contributed by atoms with Crippen molar-refractivity contribution < 1.29 is 9.59 Å². The summed E-state index contributed by atoms with van der Waals surface area (Å²) in [5.74, 6) is -0.556. The van der Waals surface area contributed by atoms with E-state index in [0.717, 1.165) is 4.47 Å². The van der Waals surface area contributed by atoms with Crippen LogP contribution in [0.3, 0.4) is 0 Å². The monoisotopic (exact) mass is 347 g/mol. The highest BCUT2D eigenvalue weighted by Crippen LogP contribution is 2.09. The van der Waals surface area contributed by atoms with Gasteiger partial charge in [0.05, 0.1) is 6.54 Å². The Bertz CT molecular complexity index is 629. The van der Waals surface area contributed by atoms with E-state index in [2.05, 4.69) is 26.2 Å². The fraction of sp³-hybridized carbons (Fsp3) is 0.133. The standard InChI is InChI=1S/C15H14BrN3O2/c1-19(15(21)13-8-7-11(16)9-17-13)10-14(20)18-12-5-3-2-4-6-12/h2-9H,10H2,1H3,(H,18,20). The Morgan fingerprint density at radius 3 is 2.52 bits per heavy atom. The maximum Gasteiger partial charge on any atom is 0.272 e. The van der Waals surface area contributed by atoms with Crippen LogP contribution in [0.1, 0.15) is 10.5 Å². The number of para-hydroxylation sites is 1. The SMILES string of the molecule is CN(CC(=O)Nc1ccccc1)C(=O)c1ccc(Br)cn1. The number of halogens is 1. The number of nitrogens with one attached hydrogen (secondary N) is 1. The van der Waals surface area contributed by atoms with Gasteiger partial charge in [-0.1, -0.05) is 18.2 Å². The van der Waals surface area contributed by atoms with E-state index < -0.39 is 0 Å². The maximum absolute atomic E-state index is 12.1. The largest absolute Gasteiger partial charge is 0.331 e. The van der Waals surface area contributed by atoms with Crippen LogP contribution in [0.25, 0.3) is 0 Å². The number of nitrogens with zero attached hydrogens (tertiary/aromatic N) is 2. The van der Waals surface area contributed by atoms with E-state index in [4.69, 9.17) is 0 Å². The number of hydrogen-bond donors (Lipinski definition) is 1. The van der Waals surface area contributed by atoms with Gasteiger partial charge >= 0.3 is 0 Å². The van der Waals surface area contributed by atoms with Crippen molar-refractivity contribution in [1.29, 1.82) is 0 Å². The van der Waals surface area contributed by atoms with E-state index in [0.29, 0.717) is 11.4 Å². The summed E-state index contributed by atoms with van der Waals surface area (Å²) < 4.78 is 0.795. The number of hydrogen-bond acceptors (Lipinski definition) is 3. The van der Waals surface area contributed by atoms with Gasteiger partial charge in [-0.15, -0.1) is 0 Å². The normalized spacial score (nSPS) is 10.0. The third kappa shape index (κ3) is 4.39. The first-order chi connectivity index (χ1) is 10.1. The van der Waals surface area contributed by atoms with Crippen LogP contribution < -0.4 is 5.32 Å². The Hall–Kier alpha value is -2.21. The molecule has 0 saturated carbocycles. The molecule has 0 unspecified atom stereocenters. The van der Waals surface area contributed by atoms with Crippen molar-refractivity contribution in [2.75, 3.05) is 18.9 Å². The highest BCUT2D eigenvalue weighted by Gasteiger charge is 2.16. The molecule has 6 heteroatoms. The second-order valence-electron chi connectivity index (χ2n) is 4.44. The van der Waals surface area contributed by atoms with Crippen molar-refractivity contribution in [3.63, 3.8) is 0 Å². The minimum atomic E-state index is -0.300. The fourth-order valence-electron chi connectivity index (χ4n) is 1.71. The molecule has 0 spiro atoms. The molecule has 1 heterocycles. The first-order valence-electron chi connectivity index (χ1n) is 6.28. The number of carbonyl (C=O) groups is 2. The maximum atomic E-state index is 12.1. The van der Waals surface area contributed by atoms with Gasteiger partial charge in [-0.2, -0.15) is 0 Å². The predicted molar refractivity (Wildman–Crippen MR) is 84.0 cm³/mol. The lowest BCUT2D eigenvalue weighted by Crippen LogP contribution is -2.35. The number of pyridine rings is 1. The van der Waals surface area contributed by atoms with Crippen LogP contribution in [0, 0.1) is 0 Å². The van der Waals surface area contributed by atoms with E-state index >= 15 is 0 Å². The average Bonchev–Trinajstić information content (AvgIpc) is 2.48. The van der Waals surface area contributed by atoms with Crippen molar-refractivity contribution in [2.24, 2.45) is 0 Å². The summed E-state index contributed by atoms with van der Waals surface area (Å²) in [7, 11) is 1.57. The molecule has 0 atom stereocenters. The van der Waals surface area contributed by atoms with E-state index in [1.165, 1.54) is 4.90 Å². The first-order valence-corrected chi connectivity index (χ1v) is 7.07. The van der Waals surface area contributed by atoms with Crippen LogP contribution in [0.4, 0.5) is 5.69 Å². The second kappa shape index (κ2) is 6.99. The number of rotatable bonds is 4. The molecule has 0 bridgehead atoms. The lowest BCUT2D eigenvalue weighted by molar-refractivity contribution is -0.116. The van der Waals surface area contributed by atoms with Crippen molar-refractivity contribution in [2.45, 2.75) is 0 Å². The molecule has 1 N–H and O–H groups in total. The molecule has 108 valence electrons. The number of carbonyl (C=O) groups excluding carboxylic acids is 2. The number of anilines is 1. The molecule has 2 amide bonds. The quantitative estimate of drug-likeness (QED) is 0.924. The van der Waals surface area contributed by atoms with Crippen LogP contribution in [-0.4, -0.2) is 35.3 Å². The van der Waals surface area contributed by atoms with E-state index in [1.807, 2.05) is 18.2 Å². The van der Waals surface area contributed by atoms with Crippen molar-refractivity contribution in [3.05, 3.63) is 58.8 Å². The Balaban J connectivity index is 1.94. The van der Waals surface area contributed by atoms with Gasteiger partial charge in [0.25, 0.3) is 5.91 Å². The van der Waals surface area contributed by atoms with Gasteiger partial charge in [-0.3, -0.25) is 9.59 Å². The van der Waals surface area contributed by atoms with Gasteiger partial charge < -0.3 is 10.2 Å². The zero-order chi connectivity index (χ0) is 15.2. The molecule has 0 aliphatic carbocycles. The van der Waals surface area contributed by atoms with E-state index in [9.17, 15) is 9.59 Å². The van der Waals surface area contributed by atoms with Gasteiger partial charge in [0.15, 0.2) is 0 Å². The van der Waals surface area contributed by atoms with Gasteiger partial charge in [-0.25, -0.2) is 4.98 Å². The highest BCUT2D eigenvalue weighted by molar-refractivity contribution is 9.10. The summed E-state index contributed by atoms with van der Waals surface area (Å²) in [5.41, 5.74) is 0.998. The van der Waals surface area contributed by atoms with Gasteiger partial charge in [-0.05, 0) is 40.2 Å². The van der Waals surface area contributed by atoms with Gasteiger partial charge in [0.2, 0.25) is 5.91 Å². The second-order valence-corrected chi connectivity index (χ2v) is 5.35. The van der Waals surface area contributed by atoms with Crippen LogP contribution in [0.5, 0.6) is 0 Å². The summed E-state index contributed by atoms with van der Waals surface area (Å²) in [6.45, 7) is -0.0362. The smallest absolute Gasteiger partial charge is 0.272 e. The molecular weight excluding hydrogens is 334 g/mol. The molecule has 5 nitrogen and oxygen atoms in total. The first kappa shape index (κ1) is 15.2. The summed E-state index contributed by atoms with van der Waals surface area (Å²) in [4.78, 5) is 29.3. The lowest BCUT2D eigenvalue weighted by Gasteiger charge is -2.16. The molecule has 0 radical (unpaired) electrons. The number of amides is 2. The highest BCUT2D eigenvalue weighted by atomic mass is 79.9. The molecule has 0 fully saturated rings. The van der Waals surface area contributed by atoms with Gasteiger partial charge in [0, 0.05) is 23.4 Å². The van der Waals surface area contributed by atoms with Crippen LogP contribution >= 0.6 is 15.9 Å². The molecule has 1 aromatic carbocycles. The Kier molecular flexibility index (Phi) is 5.05. The van der Waals surface area contributed by atoms with Crippen molar-refractivity contribution in [3.8, 4) is 0 Å². The summed E-state index contributed by atoms with van der Waals surface area (Å²) in [6.07, 6.45) is 1.55. The molecule has 0 saturated heterocycles. The van der Waals surface area contributed by atoms with Crippen molar-refractivity contribution in [1.82, 2.24) is 9.88 Å². The van der Waals surface area contributed by atoms with E-state index in [1.54, 1.807) is 37.5 Å². The van der Waals surface area contributed by atoms with E-state index in [-0.39, 0.29) is 18.4 Å². The van der Waals surface area contributed by atoms with Crippen LogP contribution in [0.2, 0.25) is 0 Å². The topological polar surface area (TPSA) is 62.3 Å². The van der Waals surface area contributed by atoms with Crippen molar-refractivity contribution >= 4 is 33.4 Å². The summed E-state index contributed by atoms with van der Waals surface area (Å²) >= 11 is 3.26. The predicted octanol–water partition coefficient (Wildman–Crippen LogP) is 2.55. The number of benzene rings is 1. The molecule has 0 aliphatic rings. The Morgan fingerprint density at radius 2 is 1.90 bits per heavy atom. The Morgan fingerprint density at radius 1 is 1.19 bits per heavy atom. The molecule has 1 aromatic heterocycles. The summed E-state index contributed by atoms with van der Waals surface area (Å²) in [6, 6.07) is 12.4. The number of likely N-dealkylation sites (N-methyl/N-ethyl adjacent to an activating group) is 1. The third-order valence-corrected chi connectivity index (χ3v) is 3.20. The fourth-order valence-corrected chi connectivity index (χ4v) is 1.94. The number of aromatic nitrogens is 1. The average molecular weight is 348 g/mol. The molecule has 2 aromatic rings. The lowest BCUT2D eigenvalue weighted by atomic mass is 10.3. The summed E-state index contributed by atoms with van der Waals surface area (Å²) in [5, 5.41) is 2.73. The third-order valence-electron chi connectivity index (χ3n) is 2.73. The minimum Gasteiger partial charge on any atom is -0.331 e. The molecule has 0 aliphatic heterocycles. The zero-order valence-corrected chi connectivity index (χ0v) is 13.0. The van der Waals surface area contributed by atoms with Crippen LogP contribution in [0.15, 0.2) is 53.1 Å². The zero-order valence-electron chi connectivity index (χ0n) is 11.4.